The van der Waals surface area contributed by atoms with Gasteiger partial charge in [-0.25, -0.2) is 4.79 Å². The number of rotatable bonds is 4. The van der Waals surface area contributed by atoms with E-state index in [-0.39, 0.29) is 5.56 Å². The zero-order chi connectivity index (χ0) is 11.5. The average molecular weight is 209 g/mol. The van der Waals surface area contributed by atoms with Gasteiger partial charge in [-0.2, -0.15) is 0 Å². The highest BCUT2D eigenvalue weighted by Crippen LogP contribution is 2.14. The van der Waals surface area contributed by atoms with E-state index in [1.807, 2.05) is 13.8 Å². The molecule has 1 aromatic carbocycles. The Bertz CT molecular complexity index is 355. The van der Waals surface area contributed by atoms with E-state index in [1.165, 1.54) is 12.1 Å². The van der Waals surface area contributed by atoms with Crippen molar-refractivity contribution in [1.82, 2.24) is 0 Å². The van der Waals surface area contributed by atoms with E-state index in [1.54, 1.807) is 12.1 Å². The Labute approximate surface area is 88.7 Å². The summed E-state index contributed by atoms with van der Waals surface area (Å²) in [6.45, 7) is 4.03. The topological polar surface area (TPSA) is 72.5 Å². The Kier molecular flexibility index (Phi) is 3.31. The second kappa shape index (κ2) is 4.31. The number of carboxylic acids is 1. The molecular weight excluding hydrogens is 194 g/mol. The molecule has 15 heavy (non-hydrogen) atoms. The molecule has 0 aliphatic rings. The lowest BCUT2D eigenvalue weighted by atomic mass is 10.1. The molecule has 0 unspecified atom stereocenters. The molecule has 0 saturated heterocycles. The SMILES string of the molecule is CC(C)(N)COc1cccc(C(=O)O)c1. The van der Waals surface area contributed by atoms with Gasteiger partial charge in [0.2, 0.25) is 0 Å². The standard InChI is InChI=1S/C11H15NO3/c1-11(2,12)7-15-9-5-3-4-8(6-9)10(13)14/h3-6H,7,12H2,1-2H3,(H,13,14). The summed E-state index contributed by atoms with van der Waals surface area (Å²) >= 11 is 0. The monoisotopic (exact) mass is 209 g/mol. The van der Waals surface area contributed by atoms with Gasteiger partial charge in [0.1, 0.15) is 12.4 Å². The lowest BCUT2D eigenvalue weighted by Gasteiger charge is -2.19. The molecule has 0 radical (unpaired) electrons. The highest BCUT2D eigenvalue weighted by molar-refractivity contribution is 5.87. The number of aromatic carboxylic acids is 1. The molecule has 82 valence electrons. The highest BCUT2D eigenvalue weighted by atomic mass is 16.5. The first-order valence-corrected chi connectivity index (χ1v) is 4.63. The van der Waals surface area contributed by atoms with Crippen molar-refractivity contribution in [3.63, 3.8) is 0 Å². The third-order valence-electron chi connectivity index (χ3n) is 1.69. The van der Waals surface area contributed by atoms with Crippen molar-refractivity contribution in [2.24, 2.45) is 5.73 Å². The number of hydrogen-bond acceptors (Lipinski definition) is 3. The number of benzene rings is 1. The Morgan fingerprint density at radius 1 is 1.53 bits per heavy atom. The van der Waals surface area contributed by atoms with Gasteiger partial charge in [-0.1, -0.05) is 6.07 Å². The fourth-order valence-corrected chi connectivity index (χ4v) is 0.988. The Morgan fingerprint density at radius 2 is 2.20 bits per heavy atom. The van der Waals surface area contributed by atoms with Crippen LogP contribution in [0.2, 0.25) is 0 Å². The van der Waals surface area contributed by atoms with Gasteiger partial charge >= 0.3 is 5.97 Å². The first kappa shape index (κ1) is 11.5. The fraction of sp³-hybridized carbons (Fsp3) is 0.364. The number of carbonyl (C=O) groups is 1. The van der Waals surface area contributed by atoms with Gasteiger partial charge in [-0.15, -0.1) is 0 Å². The maximum absolute atomic E-state index is 10.7. The van der Waals surface area contributed by atoms with Gasteiger partial charge < -0.3 is 15.6 Å². The van der Waals surface area contributed by atoms with Crippen LogP contribution in [0.1, 0.15) is 24.2 Å². The molecule has 0 heterocycles. The maximum Gasteiger partial charge on any atom is 0.335 e. The Hall–Kier alpha value is -1.55. The maximum atomic E-state index is 10.7. The van der Waals surface area contributed by atoms with Crippen LogP contribution < -0.4 is 10.5 Å². The van der Waals surface area contributed by atoms with Crippen LogP contribution in [0.15, 0.2) is 24.3 Å². The quantitative estimate of drug-likeness (QED) is 0.788. The molecule has 3 N–H and O–H groups in total. The number of hydrogen-bond donors (Lipinski definition) is 2. The molecule has 0 saturated carbocycles. The van der Waals surface area contributed by atoms with Crippen molar-refractivity contribution in [2.75, 3.05) is 6.61 Å². The molecular formula is C11H15NO3. The van der Waals surface area contributed by atoms with Gasteiger partial charge in [0, 0.05) is 5.54 Å². The van der Waals surface area contributed by atoms with Crippen molar-refractivity contribution < 1.29 is 14.6 Å². The molecule has 0 amide bonds. The van der Waals surface area contributed by atoms with Crippen LogP contribution in [0.3, 0.4) is 0 Å². The van der Waals surface area contributed by atoms with Gasteiger partial charge in [-0.3, -0.25) is 0 Å². The minimum atomic E-state index is -0.965. The van der Waals surface area contributed by atoms with Gasteiger partial charge in [0.05, 0.1) is 5.56 Å². The lowest BCUT2D eigenvalue weighted by molar-refractivity contribution is 0.0696. The summed E-state index contributed by atoms with van der Waals surface area (Å²) in [5, 5.41) is 8.76. The predicted molar refractivity (Wildman–Crippen MR) is 57.2 cm³/mol. The number of carboxylic acid groups (broad SMARTS) is 1. The van der Waals surface area contributed by atoms with E-state index >= 15 is 0 Å². The van der Waals surface area contributed by atoms with Crippen LogP contribution in [0.25, 0.3) is 0 Å². The second-order valence-corrected chi connectivity index (χ2v) is 4.11. The van der Waals surface area contributed by atoms with Crippen molar-refractivity contribution in [3.8, 4) is 5.75 Å². The van der Waals surface area contributed by atoms with Crippen LogP contribution in [-0.4, -0.2) is 23.2 Å². The summed E-state index contributed by atoms with van der Waals surface area (Å²) in [6, 6.07) is 6.34. The van der Waals surface area contributed by atoms with E-state index < -0.39 is 11.5 Å². The molecule has 0 atom stereocenters. The molecule has 0 spiro atoms. The summed E-state index contributed by atoms with van der Waals surface area (Å²) in [6.07, 6.45) is 0. The predicted octanol–water partition coefficient (Wildman–Crippen LogP) is 1.50. The number of nitrogens with two attached hydrogens (primary N) is 1. The molecule has 4 nitrogen and oxygen atoms in total. The molecule has 0 bridgehead atoms. The smallest absolute Gasteiger partial charge is 0.335 e. The van der Waals surface area contributed by atoms with Crippen LogP contribution in [0.4, 0.5) is 0 Å². The van der Waals surface area contributed by atoms with E-state index in [4.69, 9.17) is 15.6 Å². The van der Waals surface area contributed by atoms with E-state index in [2.05, 4.69) is 0 Å². The van der Waals surface area contributed by atoms with Gasteiger partial charge in [-0.05, 0) is 32.0 Å². The molecule has 4 heteroatoms. The molecule has 1 rings (SSSR count). The normalized spacial score (nSPS) is 11.1. The third kappa shape index (κ3) is 3.99. The van der Waals surface area contributed by atoms with E-state index in [0.29, 0.717) is 12.4 Å². The minimum absolute atomic E-state index is 0.210. The summed E-state index contributed by atoms with van der Waals surface area (Å²) in [4.78, 5) is 10.7. The van der Waals surface area contributed by atoms with Crippen LogP contribution in [0.5, 0.6) is 5.75 Å². The summed E-state index contributed by atoms with van der Waals surface area (Å²) in [5.41, 5.74) is 5.52. The van der Waals surface area contributed by atoms with Crippen molar-refractivity contribution >= 4 is 5.97 Å². The second-order valence-electron chi connectivity index (χ2n) is 4.11. The van der Waals surface area contributed by atoms with Crippen molar-refractivity contribution in [2.45, 2.75) is 19.4 Å². The first-order chi connectivity index (χ1) is 6.88. The van der Waals surface area contributed by atoms with E-state index in [9.17, 15) is 4.79 Å². The molecule has 0 aliphatic heterocycles. The van der Waals surface area contributed by atoms with Crippen LogP contribution >= 0.6 is 0 Å². The first-order valence-electron chi connectivity index (χ1n) is 4.63. The highest BCUT2D eigenvalue weighted by Gasteiger charge is 2.12. The van der Waals surface area contributed by atoms with Crippen LogP contribution in [0, 0.1) is 0 Å². The van der Waals surface area contributed by atoms with Gasteiger partial charge in [0.15, 0.2) is 0 Å². The largest absolute Gasteiger partial charge is 0.492 e. The lowest BCUT2D eigenvalue weighted by Crippen LogP contribution is -2.38. The Morgan fingerprint density at radius 3 is 2.73 bits per heavy atom. The summed E-state index contributed by atoms with van der Waals surface area (Å²) in [7, 11) is 0. The van der Waals surface area contributed by atoms with E-state index in [0.717, 1.165) is 0 Å². The zero-order valence-electron chi connectivity index (χ0n) is 8.86. The number of ether oxygens (including phenoxy) is 1. The van der Waals surface area contributed by atoms with Crippen LogP contribution in [-0.2, 0) is 0 Å². The Balaban J connectivity index is 2.70. The zero-order valence-corrected chi connectivity index (χ0v) is 8.86. The average Bonchev–Trinajstić information content (AvgIpc) is 2.14. The van der Waals surface area contributed by atoms with Crippen molar-refractivity contribution in [1.29, 1.82) is 0 Å². The molecule has 0 fully saturated rings. The molecule has 0 aromatic heterocycles. The van der Waals surface area contributed by atoms with Gasteiger partial charge in [0.25, 0.3) is 0 Å². The molecule has 0 aliphatic carbocycles. The minimum Gasteiger partial charge on any atom is -0.492 e. The summed E-state index contributed by atoms with van der Waals surface area (Å²) < 4.78 is 5.37. The fourth-order valence-electron chi connectivity index (χ4n) is 0.988. The third-order valence-corrected chi connectivity index (χ3v) is 1.69. The molecule has 1 aromatic rings. The van der Waals surface area contributed by atoms with Crippen molar-refractivity contribution in [3.05, 3.63) is 29.8 Å². The summed E-state index contributed by atoms with van der Waals surface area (Å²) in [5.74, 6) is -0.444.